The Morgan fingerprint density at radius 3 is 2.80 bits per heavy atom. The lowest BCUT2D eigenvalue weighted by Gasteiger charge is -2.27. The zero-order valence-electron chi connectivity index (χ0n) is 14.2. The van der Waals surface area contributed by atoms with Crippen molar-refractivity contribution in [2.24, 2.45) is 0 Å². The molecule has 1 aliphatic heterocycles. The average molecular weight is 345 g/mol. The van der Waals surface area contributed by atoms with E-state index in [4.69, 9.17) is 4.74 Å². The molecule has 25 heavy (non-hydrogen) atoms. The third kappa shape index (κ3) is 3.52. The van der Waals surface area contributed by atoms with E-state index in [9.17, 15) is 9.18 Å². The summed E-state index contributed by atoms with van der Waals surface area (Å²) >= 11 is 0. The summed E-state index contributed by atoms with van der Waals surface area (Å²) in [4.78, 5) is 12.7. The minimum atomic E-state index is -0.564. The molecule has 8 heteroatoms. The van der Waals surface area contributed by atoms with Crippen LogP contribution in [0.3, 0.4) is 0 Å². The van der Waals surface area contributed by atoms with Crippen LogP contribution in [0.15, 0.2) is 35.5 Å². The first-order valence-corrected chi connectivity index (χ1v) is 8.30. The second kappa shape index (κ2) is 7.42. The summed E-state index contributed by atoms with van der Waals surface area (Å²) < 4.78 is 20.2. The number of unbranched alkanes of at least 4 members (excludes halogenated alkanes) is 2. The highest BCUT2D eigenvalue weighted by Gasteiger charge is 2.34. The Morgan fingerprint density at radius 2 is 2.08 bits per heavy atom. The zero-order valence-corrected chi connectivity index (χ0v) is 14.2. The minimum absolute atomic E-state index is 0.348. The maximum Gasteiger partial charge on any atom is 0.338 e. The van der Waals surface area contributed by atoms with E-state index in [0.29, 0.717) is 29.4 Å². The number of hydrogen-bond donors (Lipinski definition) is 1. The van der Waals surface area contributed by atoms with Gasteiger partial charge in [-0.3, -0.25) is 0 Å². The Morgan fingerprint density at radius 1 is 1.32 bits per heavy atom. The molecule has 1 N–H and O–H groups in total. The number of nitrogens with one attached hydrogen (secondary N) is 1. The number of nitrogens with zero attached hydrogens (tertiary/aromatic N) is 4. The predicted molar refractivity (Wildman–Crippen MR) is 89.2 cm³/mol. The van der Waals surface area contributed by atoms with Crippen molar-refractivity contribution in [2.45, 2.75) is 39.2 Å². The molecular weight excluding hydrogens is 325 g/mol. The van der Waals surface area contributed by atoms with Crippen LogP contribution in [-0.2, 0) is 9.53 Å². The summed E-state index contributed by atoms with van der Waals surface area (Å²) in [5.41, 5.74) is 1.75. The van der Waals surface area contributed by atoms with Crippen LogP contribution >= 0.6 is 0 Å². The van der Waals surface area contributed by atoms with E-state index in [0.717, 1.165) is 19.3 Å². The number of rotatable bonds is 6. The fraction of sp³-hybridized carbons (Fsp3) is 0.412. The summed E-state index contributed by atoms with van der Waals surface area (Å²) in [7, 11) is 0. The van der Waals surface area contributed by atoms with Gasteiger partial charge in [0.05, 0.1) is 12.2 Å². The molecular formula is C17H20FN5O2. The molecule has 1 aromatic heterocycles. The summed E-state index contributed by atoms with van der Waals surface area (Å²) in [5.74, 6) is -0.343. The first-order chi connectivity index (χ1) is 12.1. The second-order valence-corrected chi connectivity index (χ2v) is 5.91. The molecule has 1 aromatic carbocycles. The van der Waals surface area contributed by atoms with Crippen LogP contribution in [0.25, 0.3) is 0 Å². The number of carbonyl (C=O) groups is 1. The van der Waals surface area contributed by atoms with Crippen molar-refractivity contribution in [1.29, 1.82) is 0 Å². The largest absolute Gasteiger partial charge is 0.462 e. The van der Waals surface area contributed by atoms with Crippen molar-refractivity contribution < 1.29 is 13.9 Å². The van der Waals surface area contributed by atoms with Crippen molar-refractivity contribution in [3.8, 4) is 0 Å². The fourth-order valence-corrected chi connectivity index (χ4v) is 2.82. The van der Waals surface area contributed by atoms with Gasteiger partial charge in [0.15, 0.2) is 0 Å². The Hall–Kier alpha value is -2.77. The van der Waals surface area contributed by atoms with Gasteiger partial charge in [0, 0.05) is 5.70 Å². The number of benzene rings is 1. The molecule has 0 aliphatic carbocycles. The van der Waals surface area contributed by atoms with Crippen LogP contribution in [0.2, 0.25) is 0 Å². The number of aromatic nitrogens is 4. The third-order valence-electron chi connectivity index (χ3n) is 4.10. The van der Waals surface area contributed by atoms with Crippen molar-refractivity contribution in [3.63, 3.8) is 0 Å². The zero-order chi connectivity index (χ0) is 17.8. The van der Waals surface area contributed by atoms with Crippen LogP contribution in [0.1, 0.15) is 44.7 Å². The lowest BCUT2D eigenvalue weighted by molar-refractivity contribution is -0.139. The Bertz CT molecular complexity index is 785. The van der Waals surface area contributed by atoms with Gasteiger partial charge in [-0.15, -0.1) is 0 Å². The van der Waals surface area contributed by atoms with Crippen molar-refractivity contribution in [2.75, 3.05) is 11.9 Å². The van der Waals surface area contributed by atoms with Crippen molar-refractivity contribution in [1.82, 2.24) is 20.2 Å². The molecule has 2 aromatic rings. The number of allylic oxidation sites excluding steroid dienone is 1. The van der Waals surface area contributed by atoms with Crippen LogP contribution in [0.5, 0.6) is 0 Å². The minimum Gasteiger partial charge on any atom is -0.462 e. The van der Waals surface area contributed by atoms with Gasteiger partial charge in [-0.2, -0.15) is 4.68 Å². The number of fused-ring (bicyclic) bond motifs is 1. The van der Waals surface area contributed by atoms with Gasteiger partial charge in [0.1, 0.15) is 11.9 Å². The molecule has 0 radical (unpaired) electrons. The van der Waals surface area contributed by atoms with Crippen LogP contribution in [0.4, 0.5) is 10.3 Å². The van der Waals surface area contributed by atoms with E-state index >= 15 is 0 Å². The molecule has 3 rings (SSSR count). The van der Waals surface area contributed by atoms with Gasteiger partial charge in [-0.05, 0) is 41.5 Å². The van der Waals surface area contributed by atoms with E-state index in [1.165, 1.54) is 16.8 Å². The fourth-order valence-electron chi connectivity index (χ4n) is 2.82. The van der Waals surface area contributed by atoms with Gasteiger partial charge in [0.25, 0.3) is 0 Å². The molecule has 1 atom stereocenters. The van der Waals surface area contributed by atoms with Crippen LogP contribution in [0, 0.1) is 5.82 Å². The standard InChI is InChI=1S/C17H20FN5O2/c1-3-4-5-10-25-16(24)14-11(2)19-17-20-21-22-23(17)15(14)12-6-8-13(18)9-7-12/h6-9,15H,3-5,10H2,1-2H3,(H,19,20,22)/t15-/m0/s1. The van der Waals surface area contributed by atoms with E-state index in [1.807, 2.05) is 0 Å². The third-order valence-corrected chi connectivity index (χ3v) is 4.10. The molecule has 7 nitrogen and oxygen atoms in total. The van der Waals surface area contributed by atoms with Gasteiger partial charge in [0.2, 0.25) is 5.95 Å². The van der Waals surface area contributed by atoms with Gasteiger partial charge >= 0.3 is 5.97 Å². The first kappa shape index (κ1) is 17.1. The monoisotopic (exact) mass is 345 g/mol. The smallest absolute Gasteiger partial charge is 0.338 e. The highest BCUT2D eigenvalue weighted by atomic mass is 19.1. The molecule has 0 fully saturated rings. The number of halogens is 1. The maximum atomic E-state index is 13.3. The average Bonchev–Trinajstić information content (AvgIpc) is 3.06. The number of tetrazole rings is 1. The molecule has 2 heterocycles. The number of anilines is 1. The lowest BCUT2D eigenvalue weighted by atomic mass is 9.96. The van der Waals surface area contributed by atoms with E-state index < -0.39 is 12.0 Å². The number of hydrogen-bond acceptors (Lipinski definition) is 6. The van der Waals surface area contributed by atoms with Crippen LogP contribution in [-0.4, -0.2) is 32.8 Å². The summed E-state index contributed by atoms with van der Waals surface area (Å²) in [6, 6.07) is 5.37. The maximum absolute atomic E-state index is 13.3. The SMILES string of the molecule is CCCCCOC(=O)C1=C(C)Nc2nnnn2[C@H]1c1ccc(F)cc1. The highest BCUT2D eigenvalue weighted by molar-refractivity contribution is 5.92. The molecule has 0 amide bonds. The molecule has 1 aliphatic rings. The second-order valence-electron chi connectivity index (χ2n) is 5.91. The first-order valence-electron chi connectivity index (χ1n) is 8.30. The van der Waals surface area contributed by atoms with Gasteiger partial charge in [-0.25, -0.2) is 9.18 Å². The summed E-state index contributed by atoms with van der Waals surface area (Å²) in [6.07, 6.45) is 2.87. The highest BCUT2D eigenvalue weighted by Crippen LogP contribution is 2.34. The van der Waals surface area contributed by atoms with Crippen molar-refractivity contribution >= 4 is 11.9 Å². The number of ether oxygens (including phenoxy) is 1. The Kier molecular flexibility index (Phi) is 5.06. The number of carbonyl (C=O) groups excluding carboxylic acids is 1. The predicted octanol–water partition coefficient (Wildman–Crippen LogP) is 2.83. The summed E-state index contributed by atoms with van der Waals surface area (Å²) in [5, 5.41) is 14.6. The summed E-state index contributed by atoms with van der Waals surface area (Å²) in [6.45, 7) is 4.22. The van der Waals surface area contributed by atoms with Gasteiger partial charge in [-0.1, -0.05) is 37.0 Å². The topological polar surface area (TPSA) is 81.9 Å². The number of esters is 1. The lowest BCUT2D eigenvalue weighted by Crippen LogP contribution is -2.29. The Balaban J connectivity index is 1.92. The molecule has 0 saturated carbocycles. The molecule has 0 unspecified atom stereocenters. The quantitative estimate of drug-likeness (QED) is 0.640. The molecule has 0 saturated heterocycles. The van der Waals surface area contributed by atoms with Gasteiger partial charge < -0.3 is 10.1 Å². The Labute approximate surface area is 144 Å². The molecule has 132 valence electrons. The van der Waals surface area contributed by atoms with E-state index in [1.54, 1.807) is 19.1 Å². The van der Waals surface area contributed by atoms with E-state index in [2.05, 4.69) is 27.8 Å². The molecule has 0 bridgehead atoms. The van der Waals surface area contributed by atoms with Crippen molar-refractivity contribution in [3.05, 3.63) is 46.9 Å². The van der Waals surface area contributed by atoms with Crippen LogP contribution < -0.4 is 5.32 Å². The normalized spacial score (nSPS) is 16.4. The molecule has 0 spiro atoms. The van der Waals surface area contributed by atoms with E-state index in [-0.39, 0.29) is 5.82 Å².